The summed E-state index contributed by atoms with van der Waals surface area (Å²) < 4.78 is 42.6. The number of carbonyl (C=O) groups excluding carboxylic acids is 1. The Hall–Kier alpha value is -4.25. The van der Waals surface area contributed by atoms with Gasteiger partial charge in [0.05, 0.1) is 10.7 Å². The second-order valence-electron chi connectivity index (χ2n) is 10.0. The number of benzene rings is 3. The van der Waals surface area contributed by atoms with Crippen molar-refractivity contribution in [3.8, 4) is 22.8 Å². The normalized spacial score (nSPS) is 14.8. The highest BCUT2D eigenvalue weighted by Gasteiger charge is 2.31. The fourth-order valence-electron chi connectivity index (χ4n) is 4.61. The molecule has 1 aliphatic rings. The maximum Gasteiger partial charge on any atom is 0.573 e. The highest BCUT2D eigenvalue weighted by Crippen LogP contribution is 2.36. The first-order chi connectivity index (χ1) is 20.2. The fraction of sp³-hybridized carbons (Fsp3) is 0.258. The van der Waals surface area contributed by atoms with Crippen LogP contribution in [0.15, 0.2) is 90.2 Å². The number of amides is 1. The number of halogens is 3. The van der Waals surface area contributed by atoms with Crippen molar-refractivity contribution in [1.29, 1.82) is 0 Å². The molecule has 2 heterocycles. The van der Waals surface area contributed by atoms with Crippen LogP contribution in [0.3, 0.4) is 0 Å². The van der Waals surface area contributed by atoms with Gasteiger partial charge in [-0.05, 0) is 53.8 Å². The minimum atomic E-state index is -4.75. The standard InChI is InChI=1S/C31H30F3N5O2S/c1-21(2)26-6-3-4-7-27(26)38-16-5-17-42-29(38)18-28(40)35-19-22-8-10-23(11-9-22)30-36-20-39(37-30)24-12-14-25(15-13-24)41-31(32,33)34/h3-4,6-15,18,20-21H,5,16-17,19H2,1-2H3,(H,35,40)/b29-18-. The first-order valence-corrected chi connectivity index (χ1v) is 14.5. The van der Waals surface area contributed by atoms with E-state index in [1.807, 2.05) is 30.3 Å². The van der Waals surface area contributed by atoms with Crippen LogP contribution in [0.4, 0.5) is 18.9 Å². The highest BCUT2D eigenvalue weighted by atomic mass is 32.2. The molecule has 4 aromatic rings. The Morgan fingerprint density at radius 1 is 1.07 bits per heavy atom. The van der Waals surface area contributed by atoms with Gasteiger partial charge in [0, 0.05) is 36.2 Å². The molecule has 0 radical (unpaired) electrons. The van der Waals surface area contributed by atoms with Gasteiger partial charge in [-0.25, -0.2) is 9.67 Å². The number of hydrogen-bond acceptors (Lipinski definition) is 6. The summed E-state index contributed by atoms with van der Waals surface area (Å²) in [5.74, 6) is 1.35. The van der Waals surface area contributed by atoms with E-state index in [1.54, 1.807) is 17.8 Å². The van der Waals surface area contributed by atoms with Crippen molar-refractivity contribution >= 4 is 23.4 Å². The Balaban J connectivity index is 1.20. The van der Waals surface area contributed by atoms with Gasteiger partial charge in [-0.15, -0.1) is 30.0 Å². The quantitative estimate of drug-likeness (QED) is 0.221. The van der Waals surface area contributed by atoms with Crippen LogP contribution in [-0.2, 0) is 11.3 Å². The summed E-state index contributed by atoms with van der Waals surface area (Å²) >= 11 is 1.70. The number of ether oxygens (including phenoxy) is 1. The second kappa shape index (κ2) is 12.7. The zero-order chi connectivity index (χ0) is 29.7. The van der Waals surface area contributed by atoms with Crippen molar-refractivity contribution in [2.45, 2.75) is 39.1 Å². The Morgan fingerprint density at radius 3 is 2.52 bits per heavy atom. The number of alkyl halides is 3. The van der Waals surface area contributed by atoms with Gasteiger partial charge in [-0.1, -0.05) is 56.3 Å². The van der Waals surface area contributed by atoms with Crippen LogP contribution in [-0.4, -0.2) is 39.3 Å². The lowest BCUT2D eigenvalue weighted by molar-refractivity contribution is -0.274. The molecule has 42 heavy (non-hydrogen) atoms. The Morgan fingerprint density at radius 2 is 1.81 bits per heavy atom. The molecule has 3 aromatic carbocycles. The summed E-state index contributed by atoms with van der Waals surface area (Å²) in [7, 11) is 0. The van der Waals surface area contributed by atoms with Crippen LogP contribution < -0.4 is 15.0 Å². The predicted octanol–water partition coefficient (Wildman–Crippen LogP) is 7.06. The summed E-state index contributed by atoms with van der Waals surface area (Å²) in [6.07, 6.45) is -0.515. The van der Waals surface area contributed by atoms with E-state index in [2.05, 4.69) is 57.1 Å². The lowest BCUT2D eigenvalue weighted by Gasteiger charge is -2.33. The molecule has 0 atom stereocenters. The fourth-order valence-corrected chi connectivity index (χ4v) is 5.63. The van der Waals surface area contributed by atoms with Gasteiger partial charge in [0.2, 0.25) is 5.91 Å². The van der Waals surface area contributed by atoms with Crippen molar-refractivity contribution < 1.29 is 22.7 Å². The molecule has 11 heteroatoms. The van der Waals surface area contributed by atoms with Crippen molar-refractivity contribution in [3.63, 3.8) is 0 Å². The number of rotatable bonds is 8. The largest absolute Gasteiger partial charge is 0.573 e. The van der Waals surface area contributed by atoms with Gasteiger partial charge in [0.15, 0.2) is 5.82 Å². The third-order valence-electron chi connectivity index (χ3n) is 6.65. The van der Waals surface area contributed by atoms with Gasteiger partial charge < -0.3 is 15.0 Å². The smallest absolute Gasteiger partial charge is 0.406 e. The van der Waals surface area contributed by atoms with Crippen molar-refractivity contribution in [2.75, 3.05) is 17.2 Å². The van der Waals surface area contributed by atoms with E-state index in [0.717, 1.165) is 40.6 Å². The van der Waals surface area contributed by atoms with E-state index in [4.69, 9.17) is 0 Å². The second-order valence-corrected chi connectivity index (χ2v) is 11.1. The molecule has 1 aromatic heterocycles. The average Bonchev–Trinajstić information content (AvgIpc) is 3.47. The van der Waals surface area contributed by atoms with Crippen LogP contribution in [0.25, 0.3) is 17.1 Å². The number of aromatic nitrogens is 3. The molecule has 1 saturated heterocycles. The van der Waals surface area contributed by atoms with E-state index in [0.29, 0.717) is 24.0 Å². The molecule has 1 aliphatic heterocycles. The maximum atomic E-state index is 12.9. The Kier molecular flexibility index (Phi) is 8.86. The zero-order valence-corrected chi connectivity index (χ0v) is 24.0. The van der Waals surface area contributed by atoms with Crippen LogP contribution in [0.2, 0.25) is 0 Å². The summed E-state index contributed by atoms with van der Waals surface area (Å²) in [4.78, 5) is 19.4. The number of nitrogens with zero attached hydrogens (tertiary/aromatic N) is 4. The van der Waals surface area contributed by atoms with E-state index < -0.39 is 6.36 Å². The molecule has 7 nitrogen and oxygen atoms in total. The molecule has 1 N–H and O–H groups in total. The average molecular weight is 594 g/mol. The van der Waals surface area contributed by atoms with Gasteiger partial charge in [-0.2, -0.15) is 0 Å². The summed E-state index contributed by atoms with van der Waals surface area (Å²) in [5.41, 5.74) is 4.64. The number of para-hydroxylation sites is 1. The van der Waals surface area contributed by atoms with Crippen LogP contribution in [0.5, 0.6) is 5.75 Å². The Bertz CT molecular complexity index is 1550. The monoisotopic (exact) mass is 593 g/mol. The van der Waals surface area contributed by atoms with Crippen LogP contribution in [0, 0.1) is 0 Å². The number of anilines is 1. The minimum absolute atomic E-state index is 0.150. The van der Waals surface area contributed by atoms with Gasteiger partial charge in [0.1, 0.15) is 12.1 Å². The van der Waals surface area contributed by atoms with Crippen LogP contribution >= 0.6 is 11.8 Å². The Labute approximate surface area is 246 Å². The molecule has 0 bridgehead atoms. The lowest BCUT2D eigenvalue weighted by Crippen LogP contribution is -2.30. The van der Waals surface area contributed by atoms with E-state index in [-0.39, 0.29) is 11.7 Å². The third-order valence-corrected chi connectivity index (χ3v) is 7.78. The van der Waals surface area contributed by atoms with Gasteiger partial charge in [0.25, 0.3) is 0 Å². The molecule has 218 valence electrons. The first kappa shape index (κ1) is 29.2. The summed E-state index contributed by atoms with van der Waals surface area (Å²) in [6.45, 7) is 5.60. The first-order valence-electron chi connectivity index (χ1n) is 13.5. The molecular weight excluding hydrogens is 563 g/mol. The summed E-state index contributed by atoms with van der Waals surface area (Å²) in [6, 6.07) is 21.3. The molecule has 1 amide bonds. The van der Waals surface area contributed by atoms with Gasteiger partial charge in [-0.3, -0.25) is 4.79 Å². The molecule has 0 unspecified atom stereocenters. The van der Waals surface area contributed by atoms with Crippen LogP contribution in [0.1, 0.15) is 37.3 Å². The third kappa shape index (κ3) is 7.33. The number of nitrogens with one attached hydrogen (secondary N) is 1. The van der Waals surface area contributed by atoms with Crippen molar-refractivity contribution in [2.24, 2.45) is 0 Å². The number of thioether (sulfide) groups is 1. The van der Waals surface area contributed by atoms with Crippen molar-refractivity contribution in [1.82, 2.24) is 20.1 Å². The topological polar surface area (TPSA) is 72.3 Å². The summed E-state index contributed by atoms with van der Waals surface area (Å²) in [5, 5.41) is 8.37. The lowest BCUT2D eigenvalue weighted by atomic mass is 10.0. The van der Waals surface area contributed by atoms with E-state index >= 15 is 0 Å². The highest BCUT2D eigenvalue weighted by molar-refractivity contribution is 8.03. The number of carbonyl (C=O) groups is 1. The molecule has 5 rings (SSSR count). The van der Waals surface area contributed by atoms with Gasteiger partial charge >= 0.3 is 6.36 Å². The molecule has 0 saturated carbocycles. The molecule has 0 spiro atoms. The maximum absolute atomic E-state index is 12.9. The van der Waals surface area contributed by atoms with E-state index in [9.17, 15) is 18.0 Å². The molecule has 1 fully saturated rings. The van der Waals surface area contributed by atoms with E-state index in [1.165, 1.54) is 40.8 Å². The zero-order valence-electron chi connectivity index (χ0n) is 23.1. The number of hydrogen-bond donors (Lipinski definition) is 1. The SMILES string of the molecule is CC(C)c1ccccc1N1CCCS/C1=C\C(=O)NCc1ccc(-c2ncn(-c3ccc(OC(F)(F)F)cc3)n2)cc1. The van der Waals surface area contributed by atoms with Crippen molar-refractivity contribution in [3.05, 3.63) is 101 Å². The predicted molar refractivity (Wildman–Crippen MR) is 158 cm³/mol. The molecular formula is C31H30F3N5O2S. The minimum Gasteiger partial charge on any atom is -0.406 e. The molecule has 0 aliphatic carbocycles.